The van der Waals surface area contributed by atoms with Crippen molar-refractivity contribution in [1.29, 1.82) is 0 Å². The maximum atomic E-state index is 12.3. The van der Waals surface area contributed by atoms with Crippen molar-refractivity contribution in [3.05, 3.63) is 66.2 Å². The zero-order valence-corrected chi connectivity index (χ0v) is 14.2. The van der Waals surface area contributed by atoms with E-state index in [2.05, 4.69) is 11.9 Å². The summed E-state index contributed by atoms with van der Waals surface area (Å²) in [7, 11) is 0. The van der Waals surface area contributed by atoms with Gasteiger partial charge in [-0.25, -0.2) is 0 Å². The van der Waals surface area contributed by atoms with E-state index in [-0.39, 0.29) is 5.91 Å². The monoisotopic (exact) mass is 325 g/mol. The van der Waals surface area contributed by atoms with Crippen molar-refractivity contribution in [2.75, 3.05) is 18.5 Å². The summed E-state index contributed by atoms with van der Waals surface area (Å²) in [6.45, 7) is 8.86. The summed E-state index contributed by atoms with van der Waals surface area (Å²) in [6, 6.07) is 14.4. The van der Waals surface area contributed by atoms with Crippen LogP contribution in [0.3, 0.4) is 0 Å². The topological polar surface area (TPSA) is 47.6 Å². The number of benzene rings is 2. The molecule has 2 rings (SSSR count). The SMILES string of the molecule is C=C(C)COc1ccc(NC(=O)c2cccc(OCCC)c2)cc1. The average molecular weight is 325 g/mol. The molecule has 0 saturated carbocycles. The molecule has 24 heavy (non-hydrogen) atoms. The van der Waals surface area contributed by atoms with E-state index in [1.54, 1.807) is 12.1 Å². The molecule has 4 nitrogen and oxygen atoms in total. The summed E-state index contributed by atoms with van der Waals surface area (Å²) in [5, 5.41) is 2.87. The van der Waals surface area contributed by atoms with Gasteiger partial charge in [-0.2, -0.15) is 0 Å². The van der Waals surface area contributed by atoms with E-state index in [9.17, 15) is 4.79 Å². The quantitative estimate of drug-likeness (QED) is 0.717. The van der Waals surface area contributed by atoms with Gasteiger partial charge in [-0.05, 0) is 61.4 Å². The minimum atomic E-state index is -0.174. The maximum absolute atomic E-state index is 12.3. The molecule has 0 aliphatic heterocycles. The van der Waals surface area contributed by atoms with E-state index in [0.717, 1.165) is 17.7 Å². The highest BCUT2D eigenvalue weighted by Gasteiger charge is 2.07. The summed E-state index contributed by atoms with van der Waals surface area (Å²) in [4.78, 5) is 12.3. The fourth-order valence-corrected chi connectivity index (χ4v) is 1.99. The van der Waals surface area contributed by atoms with Gasteiger partial charge < -0.3 is 14.8 Å². The number of carbonyl (C=O) groups is 1. The van der Waals surface area contributed by atoms with Crippen LogP contribution in [0.1, 0.15) is 30.6 Å². The highest BCUT2D eigenvalue weighted by molar-refractivity contribution is 6.04. The van der Waals surface area contributed by atoms with Crippen molar-refractivity contribution >= 4 is 11.6 Å². The minimum absolute atomic E-state index is 0.174. The van der Waals surface area contributed by atoms with Gasteiger partial charge >= 0.3 is 0 Å². The number of ether oxygens (including phenoxy) is 2. The highest BCUT2D eigenvalue weighted by atomic mass is 16.5. The van der Waals surface area contributed by atoms with Gasteiger partial charge in [0, 0.05) is 11.3 Å². The summed E-state index contributed by atoms with van der Waals surface area (Å²) < 4.78 is 11.1. The first-order chi connectivity index (χ1) is 11.6. The Kier molecular flexibility index (Phi) is 6.43. The van der Waals surface area contributed by atoms with Gasteiger partial charge in [0.15, 0.2) is 0 Å². The fourth-order valence-electron chi connectivity index (χ4n) is 1.99. The largest absolute Gasteiger partial charge is 0.494 e. The standard InChI is InChI=1S/C20H23NO3/c1-4-12-23-19-7-5-6-16(13-19)20(22)21-17-8-10-18(11-9-17)24-14-15(2)3/h5-11,13H,2,4,12,14H2,1,3H3,(H,21,22). The number of amides is 1. The molecular formula is C20H23NO3. The number of hydrogen-bond donors (Lipinski definition) is 1. The van der Waals surface area contributed by atoms with Crippen LogP contribution in [0.5, 0.6) is 11.5 Å². The maximum Gasteiger partial charge on any atom is 0.255 e. The predicted molar refractivity (Wildman–Crippen MR) is 96.9 cm³/mol. The molecule has 1 N–H and O–H groups in total. The Hall–Kier alpha value is -2.75. The van der Waals surface area contributed by atoms with Gasteiger partial charge in [-0.3, -0.25) is 4.79 Å². The Bertz CT molecular complexity index is 692. The summed E-state index contributed by atoms with van der Waals surface area (Å²) >= 11 is 0. The van der Waals surface area contributed by atoms with Crippen LogP contribution in [-0.4, -0.2) is 19.1 Å². The second kappa shape index (κ2) is 8.77. The Morgan fingerprint density at radius 1 is 1.08 bits per heavy atom. The van der Waals surface area contributed by atoms with Crippen LogP contribution in [0, 0.1) is 0 Å². The molecule has 0 aliphatic carbocycles. The smallest absolute Gasteiger partial charge is 0.255 e. The molecule has 0 saturated heterocycles. The summed E-state index contributed by atoms with van der Waals surface area (Å²) in [5.41, 5.74) is 2.23. The van der Waals surface area contributed by atoms with Crippen molar-refractivity contribution in [2.45, 2.75) is 20.3 Å². The Morgan fingerprint density at radius 2 is 1.83 bits per heavy atom. The summed E-state index contributed by atoms with van der Waals surface area (Å²) in [5.74, 6) is 1.27. The first kappa shape index (κ1) is 17.6. The molecule has 0 fully saturated rings. The molecule has 2 aromatic rings. The molecule has 0 radical (unpaired) electrons. The zero-order chi connectivity index (χ0) is 17.4. The lowest BCUT2D eigenvalue weighted by molar-refractivity contribution is 0.102. The van der Waals surface area contributed by atoms with E-state index in [1.165, 1.54) is 0 Å². The molecule has 2 aromatic carbocycles. The number of carbonyl (C=O) groups excluding carboxylic acids is 1. The fraction of sp³-hybridized carbons (Fsp3) is 0.250. The zero-order valence-electron chi connectivity index (χ0n) is 14.2. The molecule has 0 spiro atoms. The molecule has 0 aromatic heterocycles. The number of nitrogens with one attached hydrogen (secondary N) is 1. The van der Waals surface area contributed by atoms with E-state index in [1.807, 2.05) is 50.2 Å². The predicted octanol–water partition coefficient (Wildman–Crippen LogP) is 4.68. The van der Waals surface area contributed by atoms with Gasteiger partial charge in [-0.15, -0.1) is 0 Å². The lowest BCUT2D eigenvalue weighted by atomic mass is 10.2. The first-order valence-corrected chi connectivity index (χ1v) is 8.00. The van der Waals surface area contributed by atoms with E-state index in [4.69, 9.17) is 9.47 Å². The third-order valence-electron chi connectivity index (χ3n) is 3.17. The molecule has 0 bridgehead atoms. The van der Waals surface area contributed by atoms with Crippen LogP contribution in [0.15, 0.2) is 60.7 Å². The number of rotatable bonds is 8. The van der Waals surface area contributed by atoms with Gasteiger partial charge in [0.25, 0.3) is 5.91 Å². The summed E-state index contributed by atoms with van der Waals surface area (Å²) in [6.07, 6.45) is 0.927. The van der Waals surface area contributed by atoms with Crippen molar-refractivity contribution in [1.82, 2.24) is 0 Å². The molecule has 0 aliphatic rings. The van der Waals surface area contributed by atoms with Crippen molar-refractivity contribution in [2.24, 2.45) is 0 Å². The third kappa shape index (κ3) is 5.47. The lowest BCUT2D eigenvalue weighted by Crippen LogP contribution is -2.12. The molecule has 1 amide bonds. The molecular weight excluding hydrogens is 302 g/mol. The average Bonchev–Trinajstić information content (AvgIpc) is 2.59. The van der Waals surface area contributed by atoms with Crippen LogP contribution >= 0.6 is 0 Å². The Labute approximate surface area is 143 Å². The van der Waals surface area contributed by atoms with Gasteiger partial charge in [0.2, 0.25) is 0 Å². The van der Waals surface area contributed by atoms with Gasteiger partial charge in [-0.1, -0.05) is 19.6 Å². The highest BCUT2D eigenvalue weighted by Crippen LogP contribution is 2.18. The third-order valence-corrected chi connectivity index (χ3v) is 3.17. The van der Waals surface area contributed by atoms with Gasteiger partial charge in [0.05, 0.1) is 6.61 Å². The lowest BCUT2D eigenvalue weighted by Gasteiger charge is -2.09. The molecule has 0 unspecified atom stereocenters. The number of anilines is 1. The first-order valence-electron chi connectivity index (χ1n) is 8.00. The second-order valence-electron chi connectivity index (χ2n) is 5.60. The van der Waals surface area contributed by atoms with E-state index in [0.29, 0.717) is 30.2 Å². The van der Waals surface area contributed by atoms with E-state index < -0.39 is 0 Å². The molecule has 126 valence electrons. The Balaban J connectivity index is 1.97. The number of hydrogen-bond acceptors (Lipinski definition) is 3. The van der Waals surface area contributed by atoms with Crippen LogP contribution in [0.4, 0.5) is 5.69 Å². The van der Waals surface area contributed by atoms with Crippen LogP contribution < -0.4 is 14.8 Å². The van der Waals surface area contributed by atoms with Crippen molar-refractivity contribution < 1.29 is 14.3 Å². The van der Waals surface area contributed by atoms with Crippen LogP contribution in [0.2, 0.25) is 0 Å². The van der Waals surface area contributed by atoms with Gasteiger partial charge in [0.1, 0.15) is 18.1 Å². The normalized spacial score (nSPS) is 10.1. The molecule has 0 heterocycles. The minimum Gasteiger partial charge on any atom is -0.494 e. The van der Waals surface area contributed by atoms with Crippen LogP contribution in [-0.2, 0) is 0 Å². The molecule has 4 heteroatoms. The van der Waals surface area contributed by atoms with Crippen molar-refractivity contribution in [3.63, 3.8) is 0 Å². The second-order valence-corrected chi connectivity index (χ2v) is 5.60. The molecule has 0 atom stereocenters. The van der Waals surface area contributed by atoms with Crippen LogP contribution in [0.25, 0.3) is 0 Å². The van der Waals surface area contributed by atoms with Crippen molar-refractivity contribution in [3.8, 4) is 11.5 Å². The van der Waals surface area contributed by atoms with E-state index >= 15 is 0 Å². The Morgan fingerprint density at radius 3 is 2.50 bits per heavy atom.